The standard InChI is InChI=1S/C22H26N2O5/c1-3-6-18-13-17(20-15-19(24(25)26)9-8-16(20)2)14-21(23-18)27-11-12-29-22-7-4-5-10-28-22/h3,8-9,13-15,22H,1,4-7,10-12H2,2H3. The minimum absolute atomic E-state index is 0.0519. The Morgan fingerprint density at radius 1 is 1.31 bits per heavy atom. The SMILES string of the molecule is C=CCc1cc(-c2cc([N+](=O)[O-])ccc2C)cc(OCCOC2CCCCO2)n1. The molecule has 0 amide bonds. The van der Waals surface area contributed by atoms with Crippen LogP contribution in [0.2, 0.25) is 0 Å². The van der Waals surface area contributed by atoms with E-state index in [1.54, 1.807) is 24.3 Å². The maximum absolute atomic E-state index is 11.2. The van der Waals surface area contributed by atoms with Gasteiger partial charge in [0.15, 0.2) is 6.29 Å². The monoisotopic (exact) mass is 398 g/mol. The van der Waals surface area contributed by atoms with Crippen molar-refractivity contribution in [2.45, 2.75) is 38.9 Å². The number of nitro benzene ring substituents is 1. The lowest BCUT2D eigenvalue weighted by Gasteiger charge is -2.22. The van der Waals surface area contributed by atoms with Crippen molar-refractivity contribution in [1.29, 1.82) is 0 Å². The zero-order valence-corrected chi connectivity index (χ0v) is 16.6. The smallest absolute Gasteiger partial charge is 0.270 e. The first kappa shape index (κ1) is 21.0. The number of rotatable bonds is 9. The second kappa shape index (κ2) is 10.1. The van der Waals surface area contributed by atoms with Gasteiger partial charge in [0.05, 0.1) is 11.5 Å². The highest BCUT2D eigenvalue weighted by Gasteiger charge is 2.15. The van der Waals surface area contributed by atoms with Crippen molar-refractivity contribution in [2.24, 2.45) is 0 Å². The van der Waals surface area contributed by atoms with Crippen LogP contribution in [0.3, 0.4) is 0 Å². The Labute approximate surface area is 170 Å². The van der Waals surface area contributed by atoms with Crippen molar-refractivity contribution in [3.8, 4) is 17.0 Å². The fourth-order valence-electron chi connectivity index (χ4n) is 3.25. The van der Waals surface area contributed by atoms with Gasteiger partial charge in [-0.25, -0.2) is 4.98 Å². The first-order valence-electron chi connectivity index (χ1n) is 9.80. The van der Waals surface area contributed by atoms with Gasteiger partial charge in [0.2, 0.25) is 5.88 Å². The highest BCUT2D eigenvalue weighted by Crippen LogP contribution is 2.30. The van der Waals surface area contributed by atoms with Gasteiger partial charge >= 0.3 is 0 Å². The third-order valence-corrected chi connectivity index (χ3v) is 4.73. The molecule has 1 aromatic heterocycles. The molecular weight excluding hydrogens is 372 g/mol. The summed E-state index contributed by atoms with van der Waals surface area (Å²) in [7, 11) is 0. The van der Waals surface area contributed by atoms with Crippen molar-refractivity contribution in [3.63, 3.8) is 0 Å². The van der Waals surface area contributed by atoms with Crippen LogP contribution < -0.4 is 4.74 Å². The molecular formula is C22H26N2O5. The molecule has 1 aliphatic heterocycles. The normalized spacial score (nSPS) is 16.4. The molecule has 0 aliphatic carbocycles. The Bertz CT molecular complexity index is 862. The molecule has 7 heteroatoms. The van der Waals surface area contributed by atoms with Crippen LogP contribution >= 0.6 is 0 Å². The number of hydrogen-bond donors (Lipinski definition) is 0. The van der Waals surface area contributed by atoms with Gasteiger partial charge < -0.3 is 14.2 Å². The number of benzene rings is 1. The van der Waals surface area contributed by atoms with E-state index in [0.29, 0.717) is 25.5 Å². The molecule has 2 aromatic rings. The average molecular weight is 398 g/mol. The number of nitrogens with zero attached hydrogens (tertiary/aromatic N) is 2. The molecule has 3 rings (SSSR count). The van der Waals surface area contributed by atoms with Gasteiger partial charge in [0, 0.05) is 36.9 Å². The Morgan fingerprint density at radius 3 is 2.90 bits per heavy atom. The second-order valence-corrected chi connectivity index (χ2v) is 6.95. The zero-order chi connectivity index (χ0) is 20.6. The van der Waals surface area contributed by atoms with E-state index in [1.807, 2.05) is 13.0 Å². The lowest BCUT2D eigenvalue weighted by Crippen LogP contribution is -2.24. The summed E-state index contributed by atoms with van der Waals surface area (Å²) in [6.07, 6.45) is 5.28. The molecule has 0 spiro atoms. The fourth-order valence-corrected chi connectivity index (χ4v) is 3.25. The van der Waals surface area contributed by atoms with E-state index in [1.165, 1.54) is 6.07 Å². The molecule has 154 valence electrons. The molecule has 29 heavy (non-hydrogen) atoms. The molecule has 1 fully saturated rings. The van der Waals surface area contributed by atoms with Crippen molar-refractivity contribution in [1.82, 2.24) is 4.98 Å². The second-order valence-electron chi connectivity index (χ2n) is 6.95. The van der Waals surface area contributed by atoms with E-state index in [2.05, 4.69) is 11.6 Å². The third-order valence-electron chi connectivity index (χ3n) is 4.73. The van der Waals surface area contributed by atoms with Crippen molar-refractivity contribution in [3.05, 3.63) is 64.4 Å². The molecule has 1 unspecified atom stereocenters. The summed E-state index contributed by atoms with van der Waals surface area (Å²) in [5.74, 6) is 0.457. The van der Waals surface area contributed by atoms with Gasteiger partial charge in [-0.15, -0.1) is 6.58 Å². The number of aryl methyl sites for hydroxylation is 1. The first-order chi connectivity index (χ1) is 14.1. The van der Waals surface area contributed by atoms with Gasteiger partial charge in [0.25, 0.3) is 5.69 Å². The van der Waals surface area contributed by atoms with Crippen molar-refractivity contribution >= 4 is 5.69 Å². The van der Waals surface area contributed by atoms with Crippen LogP contribution in [0, 0.1) is 17.0 Å². The molecule has 1 aromatic carbocycles. The minimum Gasteiger partial charge on any atom is -0.475 e. The van der Waals surface area contributed by atoms with Crippen LogP contribution in [0.4, 0.5) is 5.69 Å². The van der Waals surface area contributed by atoms with Gasteiger partial charge in [-0.1, -0.05) is 12.1 Å². The van der Waals surface area contributed by atoms with Crippen LogP contribution in [0.5, 0.6) is 5.88 Å². The van der Waals surface area contributed by atoms with Crippen LogP contribution in [0.15, 0.2) is 43.0 Å². The van der Waals surface area contributed by atoms with E-state index in [0.717, 1.165) is 48.3 Å². The molecule has 2 heterocycles. The quantitative estimate of drug-likeness (QED) is 0.265. The molecule has 7 nitrogen and oxygen atoms in total. The molecule has 0 saturated carbocycles. The summed E-state index contributed by atoms with van der Waals surface area (Å²) in [4.78, 5) is 15.3. The van der Waals surface area contributed by atoms with Crippen LogP contribution in [-0.4, -0.2) is 36.0 Å². The first-order valence-corrected chi connectivity index (χ1v) is 9.80. The lowest BCUT2D eigenvalue weighted by atomic mass is 9.99. The van der Waals surface area contributed by atoms with E-state index in [9.17, 15) is 10.1 Å². The van der Waals surface area contributed by atoms with Crippen LogP contribution in [0.1, 0.15) is 30.5 Å². The highest BCUT2D eigenvalue weighted by atomic mass is 16.7. The summed E-state index contributed by atoms with van der Waals surface area (Å²) in [6.45, 7) is 7.18. The van der Waals surface area contributed by atoms with Crippen LogP contribution in [-0.2, 0) is 15.9 Å². The van der Waals surface area contributed by atoms with Gasteiger partial charge in [-0.3, -0.25) is 10.1 Å². The van der Waals surface area contributed by atoms with E-state index < -0.39 is 4.92 Å². The third kappa shape index (κ3) is 5.85. The number of ether oxygens (including phenoxy) is 3. The Kier molecular flexibility index (Phi) is 7.32. The highest BCUT2D eigenvalue weighted by molar-refractivity contribution is 5.71. The number of pyridine rings is 1. The Balaban J connectivity index is 1.74. The zero-order valence-electron chi connectivity index (χ0n) is 16.6. The number of allylic oxidation sites excluding steroid dienone is 1. The predicted molar refractivity (Wildman–Crippen MR) is 110 cm³/mol. The number of hydrogen-bond acceptors (Lipinski definition) is 6. The number of nitro groups is 1. The number of aromatic nitrogens is 1. The van der Waals surface area contributed by atoms with Crippen LogP contribution in [0.25, 0.3) is 11.1 Å². The summed E-state index contributed by atoms with van der Waals surface area (Å²) in [5.41, 5.74) is 3.38. The van der Waals surface area contributed by atoms with Gasteiger partial charge in [-0.05, 0) is 48.9 Å². The van der Waals surface area contributed by atoms with E-state index in [4.69, 9.17) is 14.2 Å². The molecule has 1 atom stereocenters. The Morgan fingerprint density at radius 2 is 2.17 bits per heavy atom. The summed E-state index contributed by atoms with van der Waals surface area (Å²) in [6, 6.07) is 8.55. The molecule has 0 radical (unpaired) electrons. The van der Waals surface area contributed by atoms with Crippen molar-refractivity contribution in [2.75, 3.05) is 19.8 Å². The number of non-ortho nitro benzene ring substituents is 1. The summed E-state index contributed by atoms with van der Waals surface area (Å²) >= 11 is 0. The summed E-state index contributed by atoms with van der Waals surface area (Å²) in [5, 5.41) is 11.2. The maximum atomic E-state index is 11.2. The van der Waals surface area contributed by atoms with Gasteiger partial charge in [0.1, 0.15) is 6.61 Å². The van der Waals surface area contributed by atoms with E-state index >= 15 is 0 Å². The lowest BCUT2D eigenvalue weighted by molar-refractivity contribution is -0.384. The van der Waals surface area contributed by atoms with Crippen molar-refractivity contribution < 1.29 is 19.1 Å². The van der Waals surface area contributed by atoms with Gasteiger partial charge in [-0.2, -0.15) is 0 Å². The molecule has 1 aliphatic rings. The minimum atomic E-state index is -0.392. The predicted octanol–water partition coefficient (Wildman–Crippen LogP) is 4.62. The topological polar surface area (TPSA) is 83.7 Å². The Hall–Kier alpha value is -2.77. The summed E-state index contributed by atoms with van der Waals surface area (Å²) < 4.78 is 17.0. The molecule has 0 N–H and O–H groups in total. The fraction of sp³-hybridized carbons (Fsp3) is 0.409. The maximum Gasteiger partial charge on any atom is 0.270 e. The largest absolute Gasteiger partial charge is 0.475 e. The van der Waals surface area contributed by atoms with E-state index in [-0.39, 0.29) is 12.0 Å². The average Bonchev–Trinajstić information content (AvgIpc) is 2.72. The molecule has 1 saturated heterocycles. The molecule has 0 bridgehead atoms.